The minimum atomic E-state index is -0.118. The van der Waals surface area contributed by atoms with Crippen molar-refractivity contribution in [1.82, 2.24) is 20.2 Å². The predicted molar refractivity (Wildman–Crippen MR) is 96.7 cm³/mol. The zero-order valence-corrected chi connectivity index (χ0v) is 14.5. The highest BCUT2D eigenvalue weighted by Crippen LogP contribution is 2.28. The summed E-state index contributed by atoms with van der Waals surface area (Å²) in [5.41, 5.74) is 2.11. The highest BCUT2D eigenvalue weighted by Gasteiger charge is 2.07. The van der Waals surface area contributed by atoms with Gasteiger partial charge in [0.05, 0.1) is 19.4 Å². The number of nitrogens with zero attached hydrogens (tertiary/aromatic N) is 4. The van der Waals surface area contributed by atoms with Crippen LogP contribution in [-0.2, 0) is 0 Å². The molecule has 0 atom stereocenters. The predicted octanol–water partition coefficient (Wildman–Crippen LogP) is 2.97. The Hall–Kier alpha value is -3.48. The number of carbonyl (C=O) groups is 1. The van der Waals surface area contributed by atoms with Gasteiger partial charge in [0.15, 0.2) is 17.3 Å². The van der Waals surface area contributed by atoms with Gasteiger partial charge in [-0.2, -0.15) is 0 Å². The first-order chi connectivity index (χ1) is 12.7. The fraction of sp³-hybridized carbons (Fsp3) is 0.158. The van der Waals surface area contributed by atoms with Gasteiger partial charge in [0.2, 0.25) is 0 Å². The van der Waals surface area contributed by atoms with Crippen LogP contribution in [0.25, 0.3) is 11.8 Å². The Morgan fingerprint density at radius 1 is 1.19 bits per heavy atom. The zero-order valence-electron chi connectivity index (χ0n) is 14.5. The maximum atomic E-state index is 12.5. The van der Waals surface area contributed by atoms with Crippen LogP contribution < -0.4 is 9.47 Å². The van der Waals surface area contributed by atoms with Crippen LogP contribution in [-0.4, -0.2) is 39.7 Å². The summed E-state index contributed by atoms with van der Waals surface area (Å²) < 4.78 is 12.3. The Bertz CT molecular complexity index is 920. The molecule has 132 valence electrons. The number of tetrazole rings is 1. The van der Waals surface area contributed by atoms with Crippen molar-refractivity contribution in [2.75, 3.05) is 13.7 Å². The third-order valence-corrected chi connectivity index (χ3v) is 3.66. The molecule has 7 heteroatoms. The molecule has 3 rings (SSSR count). The summed E-state index contributed by atoms with van der Waals surface area (Å²) in [4.78, 5) is 12.5. The van der Waals surface area contributed by atoms with Crippen LogP contribution in [0.1, 0.15) is 22.8 Å². The summed E-state index contributed by atoms with van der Waals surface area (Å²) in [6.45, 7) is 2.47. The molecule has 0 saturated heterocycles. The van der Waals surface area contributed by atoms with Gasteiger partial charge in [-0.1, -0.05) is 24.3 Å². The zero-order chi connectivity index (χ0) is 18.4. The average Bonchev–Trinajstić information content (AvgIpc) is 3.22. The van der Waals surface area contributed by atoms with Crippen LogP contribution in [0.4, 0.5) is 0 Å². The normalized spacial score (nSPS) is 10.8. The number of methoxy groups -OCH3 is 1. The highest BCUT2D eigenvalue weighted by atomic mass is 16.5. The molecule has 0 amide bonds. The lowest BCUT2D eigenvalue weighted by molar-refractivity contribution is 0.104. The summed E-state index contributed by atoms with van der Waals surface area (Å²) in [6, 6.07) is 12.6. The fourth-order valence-corrected chi connectivity index (χ4v) is 2.41. The van der Waals surface area contributed by atoms with Crippen LogP contribution in [0.2, 0.25) is 0 Å². The van der Waals surface area contributed by atoms with E-state index >= 15 is 0 Å². The van der Waals surface area contributed by atoms with Crippen molar-refractivity contribution in [2.45, 2.75) is 6.92 Å². The van der Waals surface area contributed by atoms with Gasteiger partial charge >= 0.3 is 0 Å². The van der Waals surface area contributed by atoms with Gasteiger partial charge in [-0.3, -0.25) is 4.79 Å². The second-order valence-corrected chi connectivity index (χ2v) is 5.35. The van der Waals surface area contributed by atoms with Crippen molar-refractivity contribution in [2.24, 2.45) is 0 Å². The minimum absolute atomic E-state index is 0.118. The molecule has 0 aliphatic heterocycles. The van der Waals surface area contributed by atoms with Crippen molar-refractivity contribution in [1.29, 1.82) is 0 Å². The number of carbonyl (C=O) groups excluding carboxylic acids is 1. The molecule has 0 spiro atoms. The van der Waals surface area contributed by atoms with Crippen LogP contribution in [0.15, 0.2) is 54.9 Å². The van der Waals surface area contributed by atoms with Gasteiger partial charge in [0.25, 0.3) is 0 Å². The average molecular weight is 350 g/mol. The summed E-state index contributed by atoms with van der Waals surface area (Å²) in [7, 11) is 1.58. The Balaban J connectivity index is 1.78. The van der Waals surface area contributed by atoms with Gasteiger partial charge < -0.3 is 9.47 Å². The number of benzene rings is 2. The van der Waals surface area contributed by atoms with E-state index in [4.69, 9.17) is 9.47 Å². The quantitative estimate of drug-likeness (QED) is 0.481. The molecule has 0 radical (unpaired) electrons. The largest absolute Gasteiger partial charge is 0.493 e. The SMILES string of the molecule is CCOc1ccc(/C=C/C(=O)c2cccc(-n3cnnn3)c2)cc1OC. The van der Waals surface area contributed by atoms with Crippen molar-refractivity contribution >= 4 is 11.9 Å². The topological polar surface area (TPSA) is 79.1 Å². The molecule has 26 heavy (non-hydrogen) atoms. The Morgan fingerprint density at radius 3 is 2.81 bits per heavy atom. The van der Waals surface area contributed by atoms with E-state index in [1.165, 1.54) is 17.1 Å². The Morgan fingerprint density at radius 2 is 2.08 bits per heavy atom. The molecule has 0 N–H and O–H groups in total. The first-order valence-electron chi connectivity index (χ1n) is 8.08. The maximum Gasteiger partial charge on any atom is 0.185 e. The van der Waals surface area contributed by atoms with Crippen molar-refractivity contribution in [3.63, 3.8) is 0 Å². The summed E-state index contributed by atoms with van der Waals surface area (Å²) in [5, 5.41) is 11.0. The van der Waals surface area contributed by atoms with E-state index < -0.39 is 0 Å². The van der Waals surface area contributed by atoms with E-state index in [9.17, 15) is 4.79 Å². The molecule has 1 aromatic heterocycles. The van der Waals surface area contributed by atoms with Crippen LogP contribution >= 0.6 is 0 Å². The van der Waals surface area contributed by atoms with Gasteiger partial charge in [-0.05, 0) is 53.3 Å². The van der Waals surface area contributed by atoms with Crippen LogP contribution in [0.5, 0.6) is 11.5 Å². The fourth-order valence-electron chi connectivity index (χ4n) is 2.41. The summed E-state index contributed by atoms with van der Waals surface area (Å²) >= 11 is 0. The van der Waals surface area contributed by atoms with Gasteiger partial charge in [-0.25, -0.2) is 4.68 Å². The van der Waals surface area contributed by atoms with Crippen LogP contribution in [0.3, 0.4) is 0 Å². The molecular weight excluding hydrogens is 332 g/mol. The van der Waals surface area contributed by atoms with Crippen LogP contribution in [0, 0.1) is 0 Å². The van der Waals surface area contributed by atoms with E-state index in [1.807, 2.05) is 31.2 Å². The standard InChI is InChI=1S/C19H18N4O3/c1-3-26-18-10-8-14(11-19(18)25-2)7-9-17(24)15-5-4-6-16(12-15)23-13-20-21-22-23/h4-13H,3H2,1-2H3/b9-7+. The van der Waals surface area contributed by atoms with E-state index in [0.717, 1.165) is 11.3 Å². The second-order valence-electron chi connectivity index (χ2n) is 5.35. The molecule has 2 aromatic carbocycles. The number of aromatic nitrogens is 4. The summed E-state index contributed by atoms with van der Waals surface area (Å²) in [6.07, 6.45) is 4.74. The van der Waals surface area contributed by atoms with E-state index in [2.05, 4.69) is 15.5 Å². The molecule has 0 aliphatic rings. The third-order valence-electron chi connectivity index (χ3n) is 3.66. The number of rotatable bonds is 7. The van der Waals surface area contributed by atoms with Gasteiger partial charge in [-0.15, -0.1) is 5.10 Å². The van der Waals surface area contributed by atoms with E-state index in [1.54, 1.807) is 31.4 Å². The van der Waals surface area contributed by atoms with Crippen molar-refractivity contribution < 1.29 is 14.3 Å². The second kappa shape index (κ2) is 8.06. The Labute approximate surface area is 150 Å². The molecule has 0 saturated carbocycles. The molecule has 0 aliphatic carbocycles. The molecular formula is C19H18N4O3. The molecule has 3 aromatic rings. The number of allylic oxidation sites excluding steroid dienone is 1. The maximum absolute atomic E-state index is 12.5. The van der Waals surface area contributed by atoms with E-state index in [-0.39, 0.29) is 5.78 Å². The number of ketones is 1. The molecule has 0 fully saturated rings. The summed E-state index contributed by atoms with van der Waals surface area (Å²) in [5.74, 6) is 1.18. The lowest BCUT2D eigenvalue weighted by Crippen LogP contribution is -1.99. The van der Waals surface area contributed by atoms with Gasteiger partial charge in [0.1, 0.15) is 6.33 Å². The van der Waals surface area contributed by atoms with Crippen molar-refractivity contribution in [3.8, 4) is 17.2 Å². The smallest absolute Gasteiger partial charge is 0.185 e. The van der Waals surface area contributed by atoms with Gasteiger partial charge in [0, 0.05) is 5.56 Å². The Kier molecular flexibility index (Phi) is 5.38. The molecule has 7 nitrogen and oxygen atoms in total. The monoisotopic (exact) mass is 350 g/mol. The first-order valence-corrected chi connectivity index (χ1v) is 8.08. The third kappa shape index (κ3) is 3.94. The molecule has 0 unspecified atom stereocenters. The molecule has 1 heterocycles. The molecule has 0 bridgehead atoms. The van der Waals surface area contributed by atoms with E-state index in [0.29, 0.717) is 23.7 Å². The highest BCUT2D eigenvalue weighted by molar-refractivity contribution is 6.07. The number of hydrogen-bond acceptors (Lipinski definition) is 6. The number of hydrogen-bond donors (Lipinski definition) is 0. The number of ether oxygens (including phenoxy) is 2. The lowest BCUT2D eigenvalue weighted by atomic mass is 10.1. The first kappa shape index (κ1) is 17.3. The van der Waals surface area contributed by atoms with Crippen molar-refractivity contribution in [3.05, 3.63) is 66.0 Å². The lowest BCUT2D eigenvalue weighted by Gasteiger charge is -2.09. The minimum Gasteiger partial charge on any atom is -0.493 e.